The SMILES string of the molecule is CCCc1ccc([C]=O)s1. The number of thiophene rings is 1. The highest BCUT2D eigenvalue weighted by molar-refractivity contribution is 7.13. The van der Waals surface area contributed by atoms with Gasteiger partial charge in [-0.25, -0.2) is 0 Å². The predicted molar refractivity (Wildman–Crippen MR) is 43.1 cm³/mol. The van der Waals surface area contributed by atoms with E-state index in [1.54, 1.807) is 0 Å². The van der Waals surface area contributed by atoms with Crippen LogP contribution in [0, 0.1) is 0 Å². The van der Waals surface area contributed by atoms with Gasteiger partial charge in [-0.1, -0.05) is 13.3 Å². The summed E-state index contributed by atoms with van der Waals surface area (Å²) in [5.74, 6) is 0. The van der Waals surface area contributed by atoms with Crippen molar-refractivity contribution in [2.24, 2.45) is 0 Å². The van der Waals surface area contributed by atoms with Crippen molar-refractivity contribution in [3.8, 4) is 0 Å². The van der Waals surface area contributed by atoms with Crippen molar-refractivity contribution in [3.05, 3.63) is 21.9 Å². The number of hydrogen-bond acceptors (Lipinski definition) is 2. The normalized spacial score (nSPS) is 9.70. The monoisotopic (exact) mass is 153 g/mol. The van der Waals surface area contributed by atoms with Gasteiger partial charge in [0, 0.05) is 4.88 Å². The molecule has 2 heteroatoms. The molecule has 0 N–H and O–H groups in total. The summed E-state index contributed by atoms with van der Waals surface area (Å²) >= 11 is 1.53. The van der Waals surface area contributed by atoms with Crippen molar-refractivity contribution in [1.29, 1.82) is 0 Å². The lowest BCUT2D eigenvalue weighted by atomic mass is 10.3. The van der Waals surface area contributed by atoms with Crippen LogP contribution in [0.2, 0.25) is 0 Å². The maximum atomic E-state index is 10.1. The second-order valence-corrected chi connectivity index (χ2v) is 3.29. The third-order valence-corrected chi connectivity index (χ3v) is 2.30. The zero-order valence-electron chi connectivity index (χ0n) is 5.89. The van der Waals surface area contributed by atoms with E-state index in [0.29, 0.717) is 4.88 Å². The van der Waals surface area contributed by atoms with E-state index in [0.717, 1.165) is 12.8 Å². The van der Waals surface area contributed by atoms with Crippen LogP contribution < -0.4 is 0 Å². The van der Waals surface area contributed by atoms with E-state index < -0.39 is 0 Å². The molecule has 0 saturated carbocycles. The van der Waals surface area contributed by atoms with Gasteiger partial charge >= 0.3 is 0 Å². The van der Waals surface area contributed by atoms with E-state index in [9.17, 15) is 4.79 Å². The fourth-order valence-electron chi connectivity index (χ4n) is 0.814. The minimum atomic E-state index is 0.712. The molecule has 0 bridgehead atoms. The molecule has 0 fully saturated rings. The van der Waals surface area contributed by atoms with E-state index in [1.807, 2.05) is 18.4 Å². The molecular weight excluding hydrogens is 144 g/mol. The van der Waals surface area contributed by atoms with Crippen molar-refractivity contribution in [2.75, 3.05) is 0 Å². The van der Waals surface area contributed by atoms with Crippen LogP contribution in [0.3, 0.4) is 0 Å². The third kappa shape index (κ3) is 1.67. The molecule has 0 saturated heterocycles. The number of carbonyl (C=O) groups excluding carboxylic acids is 1. The standard InChI is InChI=1S/C8H9OS/c1-2-3-7-4-5-8(6-9)10-7/h4-5H,2-3H2,1H3. The summed E-state index contributed by atoms with van der Waals surface area (Å²) < 4.78 is 0. The molecule has 0 atom stereocenters. The van der Waals surface area contributed by atoms with Crippen molar-refractivity contribution in [1.82, 2.24) is 0 Å². The number of rotatable bonds is 3. The molecule has 10 heavy (non-hydrogen) atoms. The molecule has 1 aromatic heterocycles. The smallest absolute Gasteiger partial charge is 0.244 e. The van der Waals surface area contributed by atoms with Crippen LogP contribution in [0.25, 0.3) is 0 Å². The molecule has 1 rings (SSSR count). The molecule has 1 nitrogen and oxygen atoms in total. The zero-order valence-corrected chi connectivity index (χ0v) is 6.70. The Kier molecular flexibility index (Phi) is 2.63. The van der Waals surface area contributed by atoms with Crippen molar-refractivity contribution >= 4 is 17.6 Å². The molecule has 53 valence electrons. The lowest BCUT2D eigenvalue weighted by Gasteiger charge is -1.86. The molecular formula is C8H9OS. The minimum Gasteiger partial charge on any atom is -0.284 e. The van der Waals surface area contributed by atoms with E-state index in [2.05, 4.69) is 6.92 Å². The fourth-order valence-corrected chi connectivity index (χ4v) is 1.72. The largest absolute Gasteiger partial charge is 0.284 e. The quantitative estimate of drug-likeness (QED) is 0.650. The minimum absolute atomic E-state index is 0.712. The molecule has 0 amide bonds. The van der Waals surface area contributed by atoms with Crippen LogP contribution >= 0.6 is 11.3 Å². The third-order valence-electron chi connectivity index (χ3n) is 1.26. The van der Waals surface area contributed by atoms with Crippen LogP contribution in [0.4, 0.5) is 0 Å². The van der Waals surface area contributed by atoms with E-state index in [-0.39, 0.29) is 0 Å². The van der Waals surface area contributed by atoms with Gasteiger partial charge in [-0.05, 0) is 18.6 Å². The lowest BCUT2D eigenvalue weighted by molar-refractivity contribution is 0.563. The van der Waals surface area contributed by atoms with Crippen molar-refractivity contribution in [3.63, 3.8) is 0 Å². The Morgan fingerprint density at radius 2 is 2.40 bits per heavy atom. The summed E-state index contributed by atoms with van der Waals surface area (Å²) in [6.45, 7) is 2.13. The Balaban J connectivity index is 2.68. The molecule has 1 radical (unpaired) electrons. The molecule has 0 aliphatic rings. The van der Waals surface area contributed by atoms with Crippen LogP contribution in [-0.4, -0.2) is 6.29 Å². The van der Waals surface area contributed by atoms with Crippen LogP contribution in [0.15, 0.2) is 12.1 Å². The molecule has 1 heterocycles. The Morgan fingerprint density at radius 3 is 2.90 bits per heavy atom. The average molecular weight is 153 g/mol. The van der Waals surface area contributed by atoms with Gasteiger partial charge in [0.05, 0.1) is 4.88 Å². The van der Waals surface area contributed by atoms with Gasteiger partial charge in [0.2, 0.25) is 6.29 Å². The summed E-state index contributed by atoms with van der Waals surface area (Å²) in [5.41, 5.74) is 0. The zero-order chi connectivity index (χ0) is 7.40. The Labute approximate surface area is 64.7 Å². The van der Waals surface area contributed by atoms with Gasteiger partial charge in [-0.15, -0.1) is 11.3 Å². The predicted octanol–water partition coefficient (Wildman–Crippen LogP) is 2.16. The first-order valence-corrected chi connectivity index (χ1v) is 4.15. The first-order chi connectivity index (χ1) is 4.86. The summed E-state index contributed by atoms with van der Waals surface area (Å²) in [7, 11) is 0. The Morgan fingerprint density at radius 1 is 1.60 bits per heavy atom. The maximum absolute atomic E-state index is 10.1. The van der Waals surface area contributed by atoms with Gasteiger partial charge in [0.25, 0.3) is 0 Å². The topological polar surface area (TPSA) is 17.1 Å². The van der Waals surface area contributed by atoms with E-state index >= 15 is 0 Å². The fraction of sp³-hybridized carbons (Fsp3) is 0.375. The second-order valence-electron chi connectivity index (χ2n) is 2.12. The van der Waals surface area contributed by atoms with Crippen LogP contribution in [0.1, 0.15) is 23.1 Å². The van der Waals surface area contributed by atoms with Crippen molar-refractivity contribution in [2.45, 2.75) is 19.8 Å². The van der Waals surface area contributed by atoms with Gasteiger partial charge in [0.1, 0.15) is 0 Å². The number of hydrogen-bond donors (Lipinski definition) is 0. The van der Waals surface area contributed by atoms with E-state index in [4.69, 9.17) is 0 Å². The molecule has 0 spiro atoms. The lowest BCUT2D eigenvalue weighted by Crippen LogP contribution is -1.72. The summed E-state index contributed by atoms with van der Waals surface area (Å²) in [4.78, 5) is 12.1. The summed E-state index contributed by atoms with van der Waals surface area (Å²) in [6.07, 6.45) is 4.09. The first kappa shape index (κ1) is 7.48. The maximum Gasteiger partial charge on any atom is 0.244 e. The second kappa shape index (κ2) is 3.52. The van der Waals surface area contributed by atoms with Crippen LogP contribution in [-0.2, 0) is 11.2 Å². The van der Waals surface area contributed by atoms with Gasteiger partial charge in [-0.3, -0.25) is 4.79 Å². The van der Waals surface area contributed by atoms with Crippen molar-refractivity contribution < 1.29 is 4.79 Å². The number of aryl methyl sites for hydroxylation is 1. The first-order valence-electron chi connectivity index (χ1n) is 3.33. The molecule has 0 unspecified atom stereocenters. The average Bonchev–Trinajstić information content (AvgIpc) is 2.37. The molecule has 1 aromatic rings. The highest BCUT2D eigenvalue weighted by Gasteiger charge is 1.96. The summed E-state index contributed by atoms with van der Waals surface area (Å²) in [5, 5.41) is 0. The Hall–Kier alpha value is -0.630. The summed E-state index contributed by atoms with van der Waals surface area (Å²) in [6, 6.07) is 3.82. The Bertz CT molecular complexity index is 215. The molecule has 0 aliphatic heterocycles. The molecule has 0 aliphatic carbocycles. The van der Waals surface area contributed by atoms with Gasteiger partial charge < -0.3 is 0 Å². The molecule has 0 aromatic carbocycles. The highest BCUT2D eigenvalue weighted by atomic mass is 32.1. The van der Waals surface area contributed by atoms with Gasteiger partial charge in [-0.2, -0.15) is 0 Å². The van der Waals surface area contributed by atoms with E-state index in [1.165, 1.54) is 16.2 Å². The van der Waals surface area contributed by atoms with Gasteiger partial charge in [0.15, 0.2) is 0 Å². The van der Waals surface area contributed by atoms with Crippen LogP contribution in [0.5, 0.6) is 0 Å². The highest BCUT2D eigenvalue weighted by Crippen LogP contribution is 2.15.